The monoisotopic (exact) mass is 197 g/mol. The topological polar surface area (TPSA) is 29.9 Å². The Kier molecular flexibility index (Phi) is 2.38. The predicted molar refractivity (Wildman–Crippen MR) is 53.7 cm³/mol. The van der Waals surface area contributed by atoms with Crippen molar-refractivity contribution in [2.45, 2.75) is 5.38 Å². The Morgan fingerprint density at radius 3 is 3.15 bits per heavy atom. The van der Waals surface area contributed by atoms with Crippen LogP contribution >= 0.6 is 11.6 Å². The van der Waals surface area contributed by atoms with E-state index < -0.39 is 0 Å². The molecule has 1 unspecified atom stereocenters. The normalized spacial score (nSPS) is 22.9. The lowest BCUT2D eigenvalue weighted by Crippen LogP contribution is -2.29. The molecule has 1 atom stereocenters. The first kappa shape index (κ1) is 8.78. The summed E-state index contributed by atoms with van der Waals surface area (Å²) in [6.07, 6.45) is 5.87. The lowest BCUT2D eigenvalue weighted by Gasteiger charge is -2.16. The first-order valence-electron chi connectivity index (χ1n) is 4.29. The predicted octanol–water partition coefficient (Wildman–Crippen LogP) is 1.01. The molecule has 70 valence electrons. The van der Waals surface area contributed by atoms with E-state index in [0.29, 0.717) is 0 Å². The van der Waals surface area contributed by atoms with Gasteiger partial charge in [0.05, 0.1) is 17.4 Å². The van der Waals surface area contributed by atoms with Gasteiger partial charge in [-0.1, -0.05) is 6.08 Å². The van der Waals surface area contributed by atoms with Gasteiger partial charge in [0.15, 0.2) is 0 Å². The van der Waals surface area contributed by atoms with Crippen LogP contribution in [0, 0.1) is 0 Å². The Morgan fingerprint density at radius 2 is 2.54 bits per heavy atom. The van der Waals surface area contributed by atoms with Gasteiger partial charge >= 0.3 is 0 Å². The molecule has 1 aliphatic rings. The van der Waals surface area contributed by atoms with Gasteiger partial charge < -0.3 is 9.88 Å². The Labute approximate surface area is 82.4 Å². The minimum Gasteiger partial charge on any atom is -0.340 e. The van der Waals surface area contributed by atoms with Crippen LogP contribution in [0.25, 0.3) is 5.57 Å². The molecule has 1 aliphatic heterocycles. The molecule has 1 aromatic heterocycles. The van der Waals surface area contributed by atoms with Crippen LogP contribution in [0.3, 0.4) is 0 Å². The van der Waals surface area contributed by atoms with Gasteiger partial charge in [0.1, 0.15) is 0 Å². The molecule has 0 aromatic carbocycles. The minimum atomic E-state index is 0.0887. The second-order valence-corrected chi connectivity index (χ2v) is 3.82. The molecule has 2 rings (SSSR count). The Bertz CT molecular complexity index is 329. The van der Waals surface area contributed by atoms with Crippen LogP contribution in [-0.2, 0) is 7.05 Å². The Balaban J connectivity index is 2.25. The number of aromatic nitrogens is 2. The highest BCUT2D eigenvalue weighted by Gasteiger charge is 2.12. The van der Waals surface area contributed by atoms with Crippen LogP contribution in [0.5, 0.6) is 0 Å². The van der Waals surface area contributed by atoms with Gasteiger partial charge in [-0.25, -0.2) is 4.98 Å². The van der Waals surface area contributed by atoms with Crippen molar-refractivity contribution in [2.24, 2.45) is 7.05 Å². The molecule has 1 aromatic rings. The van der Waals surface area contributed by atoms with Crippen LogP contribution in [-0.4, -0.2) is 28.0 Å². The largest absolute Gasteiger partial charge is 0.340 e. The summed E-state index contributed by atoms with van der Waals surface area (Å²) in [5.41, 5.74) is 2.20. The number of hydrogen-bond acceptors (Lipinski definition) is 2. The highest BCUT2D eigenvalue weighted by Crippen LogP contribution is 2.16. The van der Waals surface area contributed by atoms with Crippen LogP contribution in [0.4, 0.5) is 0 Å². The van der Waals surface area contributed by atoms with E-state index in [-0.39, 0.29) is 5.38 Å². The van der Waals surface area contributed by atoms with Gasteiger partial charge in [-0.3, -0.25) is 0 Å². The van der Waals surface area contributed by atoms with E-state index in [2.05, 4.69) is 16.4 Å². The lowest BCUT2D eigenvalue weighted by atomic mass is 10.1. The third-order valence-electron chi connectivity index (χ3n) is 2.07. The van der Waals surface area contributed by atoms with Gasteiger partial charge in [-0.2, -0.15) is 0 Å². The molecule has 0 saturated heterocycles. The number of nitrogens with one attached hydrogen (secondary N) is 1. The molecule has 0 aliphatic carbocycles. The van der Waals surface area contributed by atoms with Crippen molar-refractivity contribution < 1.29 is 0 Å². The number of nitrogens with zero attached hydrogens (tertiary/aromatic N) is 2. The van der Waals surface area contributed by atoms with E-state index in [0.717, 1.165) is 18.8 Å². The van der Waals surface area contributed by atoms with Crippen LogP contribution < -0.4 is 5.32 Å². The second kappa shape index (κ2) is 3.52. The Morgan fingerprint density at radius 1 is 1.69 bits per heavy atom. The molecule has 0 bridgehead atoms. The maximum Gasteiger partial charge on any atom is 0.0951 e. The van der Waals surface area contributed by atoms with Gasteiger partial charge in [0, 0.05) is 26.3 Å². The number of imidazole rings is 1. The van der Waals surface area contributed by atoms with Crippen molar-refractivity contribution in [1.29, 1.82) is 0 Å². The van der Waals surface area contributed by atoms with E-state index in [1.807, 2.05) is 17.8 Å². The van der Waals surface area contributed by atoms with Crippen LogP contribution in [0.2, 0.25) is 0 Å². The third-order valence-corrected chi connectivity index (χ3v) is 2.35. The number of halogens is 1. The fraction of sp³-hybridized carbons (Fsp3) is 0.444. The average molecular weight is 198 g/mol. The summed E-state index contributed by atoms with van der Waals surface area (Å²) in [5, 5.41) is 3.33. The highest BCUT2D eigenvalue weighted by molar-refractivity contribution is 6.22. The van der Waals surface area contributed by atoms with Gasteiger partial charge in [-0.05, 0) is 5.57 Å². The standard InChI is InChI=1S/C9H12ClN3/c1-13-5-9(12-6-13)7-2-8(10)4-11-3-7/h2,5-6,8,11H,3-4H2,1H3. The van der Waals surface area contributed by atoms with E-state index in [1.165, 1.54) is 5.57 Å². The summed E-state index contributed by atoms with van der Waals surface area (Å²) in [6.45, 7) is 1.71. The van der Waals surface area contributed by atoms with Crippen molar-refractivity contribution in [1.82, 2.24) is 14.9 Å². The quantitative estimate of drug-likeness (QED) is 0.682. The van der Waals surface area contributed by atoms with Crippen molar-refractivity contribution in [2.75, 3.05) is 13.1 Å². The first-order chi connectivity index (χ1) is 6.25. The highest BCUT2D eigenvalue weighted by atomic mass is 35.5. The van der Waals surface area contributed by atoms with E-state index >= 15 is 0 Å². The number of aryl methyl sites for hydroxylation is 1. The molecule has 0 fully saturated rings. The van der Waals surface area contributed by atoms with E-state index in [4.69, 9.17) is 11.6 Å². The molecule has 0 spiro atoms. The maximum absolute atomic E-state index is 5.99. The molecule has 4 heteroatoms. The summed E-state index contributed by atoms with van der Waals surface area (Å²) < 4.78 is 1.94. The SMILES string of the molecule is Cn1cnc(C2=CC(Cl)CNC2)c1. The molecule has 13 heavy (non-hydrogen) atoms. The van der Waals surface area contributed by atoms with Gasteiger partial charge in [-0.15, -0.1) is 11.6 Å². The fourth-order valence-electron chi connectivity index (χ4n) is 1.44. The summed E-state index contributed by atoms with van der Waals surface area (Å²) >= 11 is 5.99. The number of alkyl halides is 1. The molecule has 3 nitrogen and oxygen atoms in total. The van der Waals surface area contributed by atoms with Crippen LogP contribution in [0.1, 0.15) is 5.69 Å². The molecule has 0 amide bonds. The zero-order valence-electron chi connectivity index (χ0n) is 7.50. The third kappa shape index (κ3) is 1.92. The molecule has 0 radical (unpaired) electrons. The first-order valence-corrected chi connectivity index (χ1v) is 4.73. The molecule has 0 saturated carbocycles. The zero-order valence-corrected chi connectivity index (χ0v) is 8.25. The summed E-state index contributed by atoms with van der Waals surface area (Å²) in [5.74, 6) is 0. The van der Waals surface area contributed by atoms with Gasteiger partial charge in [0.2, 0.25) is 0 Å². The van der Waals surface area contributed by atoms with Crippen molar-refractivity contribution in [3.63, 3.8) is 0 Å². The number of hydrogen-bond donors (Lipinski definition) is 1. The summed E-state index contributed by atoms with van der Waals surface area (Å²) in [6, 6.07) is 0. The Hall–Kier alpha value is -0.800. The molecule has 1 N–H and O–H groups in total. The zero-order chi connectivity index (χ0) is 9.26. The molecule has 2 heterocycles. The summed E-state index contributed by atoms with van der Waals surface area (Å²) in [4.78, 5) is 4.27. The average Bonchev–Trinajstić information content (AvgIpc) is 2.52. The maximum atomic E-state index is 5.99. The minimum absolute atomic E-state index is 0.0887. The number of rotatable bonds is 1. The fourth-order valence-corrected chi connectivity index (χ4v) is 1.70. The van der Waals surface area contributed by atoms with Crippen molar-refractivity contribution >= 4 is 17.2 Å². The van der Waals surface area contributed by atoms with E-state index in [9.17, 15) is 0 Å². The van der Waals surface area contributed by atoms with E-state index in [1.54, 1.807) is 6.33 Å². The van der Waals surface area contributed by atoms with Crippen molar-refractivity contribution in [3.8, 4) is 0 Å². The summed E-state index contributed by atoms with van der Waals surface area (Å²) in [7, 11) is 1.96. The van der Waals surface area contributed by atoms with Crippen molar-refractivity contribution in [3.05, 3.63) is 24.3 Å². The van der Waals surface area contributed by atoms with Crippen LogP contribution in [0.15, 0.2) is 18.6 Å². The smallest absolute Gasteiger partial charge is 0.0951 e. The second-order valence-electron chi connectivity index (χ2n) is 3.26. The van der Waals surface area contributed by atoms with Gasteiger partial charge in [0.25, 0.3) is 0 Å². The lowest BCUT2D eigenvalue weighted by molar-refractivity contribution is 0.742. The molecular weight excluding hydrogens is 186 g/mol. The molecular formula is C9H12ClN3.